The molecule has 0 N–H and O–H groups in total. The minimum atomic E-state index is -0.0356. The number of carbonyl (C=O) groups is 1. The highest BCUT2D eigenvalue weighted by atomic mass is 16.5. The predicted molar refractivity (Wildman–Crippen MR) is 103 cm³/mol. The summed E-state index contributed by atoms with van der Waals surface area (Å²) in [6.07, 6.45) is 5.03. The van der Waals surface area contributed by atoms with Crippen LogP contribution < -0.4 is 4.74 Å². The molecule has 0 aliphatic heterocycles. The molecule has 0 fully saturated rings. The molecule has 4 heteroatoms. The van der Waals surface area contributed by atoms with Crippen LogP contribution in [0.5, 0.6) is 5.75 Å². The van der Waals surface area contributed by atoms with Crippen LogP contribution in [-0.4, -0.2) is 15.6 Å². The molecule has 0 spiro atoms. The molecule has 0 aliphatic rings. The number of hydrogen-bond donors (Lipinski definition) is 0. The van der Waals surface area contributed by atoms with Crippen LogP contribution in [0, 0.1) is 6.92 Å². The van der Waals surface area contributed by atoms with Crippen molar-refractivity contribution in [3.8, 4) is 5.75 Å². The molecule has 4 nitrogen and oxygen atoms in total. The molecule has 0 bridgehead atoms. The molecule has 1 heterocycles. The topological polar surface area (TPSA) is 44.1 Å². The molecule has 132 valence electrons. The van der Waals surface area contributed by atoms with Gasteiger partial charge in [0.2, 0.25) is 0 Å². The Balaban J connectivity index is 1.60. The normalized spacial score (nSPS) is 11.0. The van der Waals surface area contributed by atoms with Crippen molar-refractivity contribution < 1.29 is 9.53 Å². The number of allylic oxidation sites excluding steroid dienone is 1. The largest absolute Gasteiger partial charge is 0.489 e. The van der Waals surface area contributed by atoms with E-state index in [2.05, 4.69) is 5.10 Å². The zero-order valence-corrected chi connectivity index (χ0v) is 15.1. The van der Waals surface area contributed by atoms with E-state index in [4.69, 9.17) is 4.74 Å². The Morgan fingerprint density at radius 3 is 2.50 bits per heavy atom. The van der Waals surface area contributed by atoms with E-state index in [1.54, 1.807) is 12.3 Å². The van der Waals surface area contributed by atoms with Gasteiger partial charge < -0.3 is 4.74 Å². The highest BCUT2D eigenvalue weighted by Gasteiger charge is 2.10. The number of benzene rings is 2. The van der Waals surface area contributed by atoms with Gasteiger partial charge in [0.1, 0.15) is 12.4 Å². The zero-order chi connectivity index (χ0) is 18.4. The maximum Gasteiger partial charge on any atom is 0.189 e. The lowest BCUT2D eigenvalue weighted by Crippen LogP contribution is -2.01. The Kier molecular flexibility index (Phi) is 5.64. The molecule has 0 unspecified atom stereocenters. The van der Waals surface area contributed by atoms with E-state index in [1.165, 1.54) is 0 Å². The van der Waals surface area contributed by atoms with Crippen molar-refractivity contribution in [3.05, 3.63) is 89.3 Å². The van der Waals surface area contributed by atoms with Gasteiger partial charge in [0, 0.05) is 12.2 Å². The van der Waals surface area contributed by atoms with Crippen LogP contribution in [-0.2, 0) is 13.2 Å². The van der Waals surface area contributed by atoms with Crippen molar-refractivity contribution in [3.63, 3.8) is 0 Å². The van der Waals surface area contributed by atoms with Crippen molar-refractivity contribution in [1.29, 1.82) is 0 Å². The standard InChI is InChI=1S/C22H22N2O2/c1-3-24-17(2)21(15-23-24)22(25)14-11-18-9-12-20(13-10-18)26-16-19-7-5-4-6-8-19/h4-15H,3,16H2,1-2H3/b14-11+. The molecule has 3 rings (SSSR count). The van der Waals surface area contributed by atoms with E-state index in [0.29, 0.717) is 12.2 Å². The molecular weight excluding hydrogens is 324 g/mol. The summed E-state index contributed by atoms with van der Waals surface area (Å²) < 4.78 is 7.59. The highest BCUT2D eigenvalue weighted by Crippen LogP contribution is 2.16. The van der Waals surface area contributed by atoms with Gasteiger partial charge in [-0.2, -0.15) is 5.10 Å². The number of aromatic nitrogens is 2. The van der Waals surface area contributed by atoms with Crippen molar-refractivity contribution >= 4 is 11.9 Å². The fraction of sp³-hybridized carbons (Fsp3) is 0.182. The van der Waals surface area contributed by atoms with E-state index in [-0.39, 0.29) is 5.78 Å². The van der Waals surface area contributed by atoms with Gasteiger partial charge in [-0.05, 0) is 43.2 Å². The number of ether oxygens (including phenoxy) is 1. The van der Waals surface area contributed by atoms with E-state index in [0.717, 1.165) is 29.1 Å². The predicted octanol–water partition coefficient (Wildman–Crippen LogP) is 4.69. The average Bonchev–Trinajstić information content (AvgIpc) is 3.06. The second kappa shape index (κ2) is 8.30. The number of nitrogens with zero attached hydrogens (tertiary/aromatic N) is 2. The Morgan fingerprint density at radius 2 is 1.85 bits per heavy atom. The number of carbonyl (C=O) groups excluding carboxylic acids is 1. The summed E-state index contributed by atoms with van der Waals surface area (Å²) in [5.41, 5.74) is 3.62. The Labute approximate surface area is 153 Å². The smallest absolute Gasteiger partial charge is 0.189 e. The third-order valence-electron chi connectivity index (χ3n) is 4.22. The lowest BCUT2D eigenvalue weighted by Gasteiger charge is -2.06. The van der Waals surface area contributed by atoms with E-state index in [9.17, 15) is 4.79 Å². The van der Waals surface area contributed by atoms with Gasteiger partial charge in [-0.1, -0.05) is 48.5 Å². The van der Waals surface area contributed by atoms with E-state index in [1.807, 2.05) is 79.2 Å². The molecule has 0 aliphatic carbocycles. The molecular formula is C22H22N2O2. The number of rotatable bonds is 7. The van der Waals surface area contributed by atoms with Crippen LogP contribution in [0.1, 0.15) is 34.1 Å². The van der Waals surface area contributed by atoms with Crippen LogP contribution in [0.15, 0.2) is 66.9 Å². The molecule has 2 aromatic carbocycles. The molecule has 26 heavy (non-hydrogen) atoms. The quantitative estimate of drug-likeness (QED) is 0.461. The van der Waals surface area contributed by atoms with Gasteiger partial charge in [0.15, 0.2) is 5.78 Å². The molecule has 0 atom stereocenters. The fourth-order valence-electron chi connectivity index (χ4n) is 2.68. The Morgan fingerprint density at radius 1 is 1.12 bits per heavy atom. The first-order chi connectivity index (χ1) is 12.7. The summed E-state index contributed by atoms with van der Waals surface area (Å²) in [4.78, 5) is 12.3. The van der Waals surface area contributed by atoms with Crippen LogP contribution >= 0.6 is 0 Å². The van der Waals surface area contributed by atoms with Gasteiger partial charge in [-0.15, -0.1) is 0 Å². The minimum Gasteiger partial charge on any atom is -0.489 e. The zero-order valence-electron chi connectivity index (χ0n) is 15.1. The fourth-order valence-corrected chi connectivity index (χ4v) is 2.68. The SMILES string of the molecule is CCn1ncc(C(=O)/C=C/c2ccc(OCc3ccccc3)cc2)c1C. The molecule has 0 radical (unpaired) electrons. The van der Waals surface area contributed by atoms with Gasteiger partial charge in [0.05, 0.1) is 11.8 Å². The van der Waals surface area contributed by atoms with Gasteiger partial charge in [-0.3, -0.25) is 9.48 Å². The van der Waals surface area contributed by atoms with Crippen molar-refractivity contribution in [2.45, 2.75) is 27.0 Å². The number of aryl methyl sites for hydroxylation is 1. The highest BCUT2D eigenvalue weighted by molar-refractivity contribution is 6.07. The second-order valence-corrected chi connectivity index (χ2v) is 6.00. The Bertz CT molecular complexity index is 894. The third kappa shape index (κ3) is 4.28. The summed E-state index contributed by atoms with van der Waals surface area (Å²) in [5, 5.41) is 4.21. The van der Waals surface area contributed by atoms with Crippen LogP contribution in [0.3, 0.4) is 0 Å². The van der Waals surface area contributed by atoms with Crippen LogP contribution in [0.2, 0.25) is 0 Å². The summed E-state index contributed by atoms with van der Waals surface area (Å²) >= 11 is 0. The molecule has 0 saturated carbocycles. The third-order valence-corrected chi connectivity index (χ3v) is 4.22. The Hall–Kier alpha value is -3.14. The van der Waals surface area contributed by atoms with Gasteiger partial charge in [-0.25, -0.2) is 0 Å². The summed E-state index contributed by atoms with van der Waals surface area (Å²) in [6, 6.07) is 17.7. The lowest BCUT2D eigenvalue weighted by molar-refractivity contribution is 0.104. The van der Waals surface area contributed by atoms with E-state index < -0.39 is 0 Å². The molecule has 1 aromatic heterocycles. The molecule has 0 amide bonds. The number of ketones is 1. The van der Waals surface area contributed by atoms with Gasteiger partial charge in [0.25, 0.3) is 0 Å². The summed E-state index contributed by atoms with van der Waals surface area (Å²) in [7, 11) is 0. The van der Waals surface area contributed by atoms with Crippen LogP contribution in [0.25, 0.3) is 6.08 Å². The average molecular weight is 346 g/mol. The number of hydrogen-bond acceptors (Lipinski definition) is 3. The lowest BCUT2D eigenvalue weighted by atomic mass is 10.1. The van der Waals surface area contributed by atoms with Crippen molar-refractivity contribution in [1.82, 2.24) is 9.78 Å². The first-order valence-electron chi connectivity index (χ1n) is 8.69. The summed E-state index contributed by atoms with van der Waals surface area (Å²) in [5.74, 6) is 0.768. The monoisotopic (exact) mass is 346 g/mol. The first kappa shape index (κ1) is 17.7. The minimum absolute atomic E-state index is 0.0356. The van der Waals surface area contributed by atoms with Gasteiger partial charge >= 0.3 is 0 Å². The first-order valence-corrected chi connectivity index (χ1v) is 8.69. The van der Waals surface area contributed by atoms with Crippen molar-refractivity contribution in [2.75, 3.05) is 0 Å². The summed E-state index contributed by atoms with van der Waals surface area (Å²) in [6.45, 7) is 5.21. The van der Waals surface area contributed by atoms with E-state index >= 15 is 0 Å². The molecule has 0 saturated heterocycles. The maximum atomic E-state index is 12.3. The maximum absolute atomic E-state index is 12.3. The van der Waals surface area contributed by atoms with Crippen molar-refractivity contribution in [2.24, 2.45) is 0 Å². The van der Waals surface area contributed by atoms with Crippen LogP contribution in [0.4, 0.5) is 0 Å². The second-order valence-electron chi connectivity index (χ2n) is 6.00. The molecule has 3 aromatic rings.